The summed E-state index contributed by atoms with van der Waals surface area (Å²) in [5, 5.41) is 9.34. The number of alkyl halides is 3. The van der Waals surface area contributed by atoms with Gasteiger partial charge in [-0.05, 0) is 18.1 Å². The third-order valence-electron chi connectivity index (χ3n) is 3.13. The minimum Gasteiger partial charge on any atom is -0.611 e. The van der Waals surface area contributed by atoms with Crippen LogP contribution in [-0.2, 0) is 11.2 Å². The Balaban J connectivity index is 2.05. The average Bonchev–Trinajstić information content (AvgIpc) is 2.95. The molecule has 25 heavy (non-hydrogen) atoms. The second-order valence-electron chi connectivity index (χ2n) is 4.84. The smallest absolute Gasteiger partial charge is 0.447 e. The molecule has 0 radical (unpaired) electrons. The van der Waals surface area contributed by atoms with Crippen LogP contribution in [0.25, 0.3) is 17.0 Å². The zero-order valence-corrected chi connectivity index (χ0v) is 14.3. The van der Waals surface area contributed by atoms with Gasteiger partial charge in [0, 0.05) is 30.1 Å². The number of hydrogen-bond acceptors (Lipinski definition) is 6. The van der Waals surface area contributed by atoms with Gasteiger partial charge in [0.25, 0.3) is 0 Å². The van der Waals surface area contributed by atoms with Crippen LogP contribution in [0.5, 0.6) is 5.75 Å². The maximum Gasteiger partial charge on any atom is 0.447 e. The van der Waals surface area contributed by atoms with Gasteiger partial charge >= 0.3 is 5.51 Å². The minimum atomic E-state index is -4.44. The lowest BCUT2D eigenvalue weighted by molar-refractivity contribution is -0.0329. The van der Waals surface area contributed by atoms with Gasteiger partial charge in [-0.1, -0.05) is 0 Å². The highest BCUT2D eigenvalue weighted by atomic mass is 32.2. The Morgan fingerprint density at radius 3 is 2.76 bits per heavy atom. The zero-order chi connectivity index (χ0) is 18.2. The van der Waals surface area contributed by atoms with Crippen molar-refractivity contribution in [3.8, 4) is 17.1 Å². The van der Waals surface area contributed by atoms with E-state index in [4.69, 9.17) is 0 Å². The van der Waals surface area contributed by atoms with Gasteiger partial charge in [0.15, 0.2) is 4.90 Å². The summed E-state index contributed by atoms with van der Waals surface area (Å²) in [6.07, 6.45) is 3.94. The normalized spacial score (nSPS) is 13.3. The van der Waals surface area contributed by atoms with Gasteiger partial charge in [-0.15, -0.1) is 0 Å². The fourth-order valence-corrected chi connectivity index (χ4v) is 3.56. The topological polar surface area (TPSA) is 86.4 Å². The SMILES string of the molecule is CC[S+]([O-])c1cc(O)cnc1-c1cn2cnc(SC(F)(F)F)cc2n1. The first kappa shape index (κ1) is 17.8. The quantitative estimate of drug-likeness (QED) is 0.420. The number of hydrogen-bond donors (Lipinski definition) is 1. The lowest BCUT2D eigenvalue weighted by Gasteiger charge is -2.10. The number of aromatic nitrogens is 4. The first-order valence-corrected chi connectivity index (χ1v) is 9.08. The molecule has 1 atom stereocenters. The largest absolute Gasteiger partial charge is 0.611 e. The van der Waals surface area contributed by atoms with E-state index in [2.05, 4.69) is 15.0 Å². The van der Waals surface area contributed by atoms with E-state index in [0.717, 1.165) is 0 Å². The molecule has 3 aromatic heterocycles. The highest BCUT2D eigenvalue weighted by Gasteiger charge is 2.30. The van der Waals surface area contributed by atoms with Crippen molar-refractivity contribution < 1.29 is 22.8 Å². The molecule has 3 rings (SSSR count). The molecule has 3 aromatic rings. The number of thioether (sulfide) groups is 1. The highest BCUT2D eigenvalue weighted by molar-refractivity contribution is 8.00. The molecule has 1 unspecified atom stereocenters. The van der Waals surface area contributed by atoms with Gasteiger partial charge in [-0.2, -0.15) is 13.2 Å². The predicted molar refractivity (Wildman–Crippen MR) is 86.7 cm³/mol. The maximum atomic E-state index is 12.5. The van der Waals surface area contributed by atoms with Crippen LogP contribution in [0.3, 0.4) is 0 Å². The number of rotatable bonds is 4. The van der Waals surface area contributed by atoms with E-state index >= 15 is 0 Å². The summed E-state index contributed by atoms with van der Waals surface area (Å²) < 4.78 is 51.0. The van der Waals surface area contributed by atoms with Crippen LogP contribution in [0.2, 0.25) is 0 Å². The van der Waals surface area contributed by atoms with Crippen LogP contribution < -0.4 is 0 Å². The van der Waals surface area contributed by atoms with Crippen molar-refractivity contribution in [3.63, 3.8) is 0 Å². The molecule has 11 heteroatoms. The fraction of sp³-hybridized carbons (Fsp3) is 0.214. The first-order chi connectivity index (χ1) is 11.8. The van der Waals surface area contributed by atoms with Crippen LogP contribution in [0, 0.1) is 0 Å². The van der Waals surface area contributed by atoms with Crippen molar-refractivity contribution in [1.29, 1.82) is 0 Å². The van der Waals surface area contributed by atoms with Crippen LogP contribution in [0.4, 0.5) is 13.2 Å². The predicted octanol–water partition coefficient (Wildman–Crippen LogP) is 3.24. The molecular weight excluding hydrogens is 377 g/mol. The Bertz CT molecular complexity index is 917. The van der Waals surface area contributed by atoms with Gasteiger partial charge in [0.05, 0.1) is 6.20 Å². The molecule has 1 N–H and O–H groups in total. The number of aromatic hydroxyl groups is 1. The molecule has 0 aromatic carbocycles. The summed E-state index contributed by atoms with van der Waals surface area (Å²) in [5.74, 6) is 0.189. The van der Waals surface area contributed by atoms with Gasteiger partial charge in [0.2, 0.25) is 0 Å². The van der Waals surface area contributed by atoms with Gasteiger partial charge < -0.3 is 9.66 Å². The van der Waals surface area contributed by atoms with Crippen LogP contribution in [-0.4, -0.2) is 40.3 Å². The van der Waals surface area contributed by atoms with Gasteiger partial charge in [0.1, 0.15) is 39.9 Å². The number of halogens is 3. The lowest BCUT2D eigenvalue weighted by Crippen LogP contribution is -2.06. The summed E-state index contributed by atoms with van der Waals surface area (Å²) in [6, 6.07) is 2.55. The standard InChI is InChI=1S/C14H11F3N4O2S2/c1-2-25(23)10-3-8(22)5-18-13(10)9-6-21-7-19-12(4-11(21)20-9)24-14(15,16)17/h3-7,22H,2H2,1H3. The van der Waals surface area contributed by atoms with Crippen LogP contribution >= 0.6 is 11.8 Å². The van der Waals surface area contributed by atoms with Crippen molar-refractivity contribution in [2.24, 2.45) is 0 Å². The maximum absolute atomic E-state index is 12.5. The lowest BCUT2D eigenvalue weighted by atomic mass is 10.3. The molecule has 0 spiro atoms. The zero-order valence-electron chi connectivity index (χ0n) is 12.7. The molecule has 6 nitrogen and oxygen atoms in total. The second-order valence-corrected chi connectivity index (χ2v) is 7.63. The molecule has 0 bridgehead atoms. The number of pyridine rings is 1. The van der Waals surface area contributed by atoms with Crippen molar-refractivity contribution in [2.45, 2.75) is 22.4 Å². The minimum absolute atomic E-state index is 0.130. The molecule has 0 amide bonds. The third-order valence-corrected chi connectivity index (χ3v) is 5.12. The van der Waals surface area contributed by atoms with Crippen molar-refractivity contribution in [1.82, 2.24) is 19.4 Å². The number of fused-ring (bicyclic) bond motifs is 1. The first-order valence-electron chi connectivity index (χ1n) is 6.95. The number of nitrogens with zero attached hydrogens (tertiary/aromatic N) is 4. The van der Waals surface area contributed by atoms with Gasteiger partial charge in [-0.3, -0.25) is 4.40 Å². The Hall–Kier alpha value is -1.98. The van der Waals surface area contributed by atoms with Crippen LogP contribution in [0.15, 0.2) is 40.8 Å². The van der Waals surface area contributed by atoms with Gasteiger partial charge in [-0.25, -0.2) is 15.0 Å². The summed E-state index contributed by atoms with van der Waals surface area (Å²) in [5.41, 5.74) is -3.57. The van der Waals surface area contributed by atoms with E-state index in [9.17, 15) is 22.8 Å². The molecule has 0 aliphatic rings. The molecule has 0 saturated carbocycles. The van der Waals surface area contributed by atoms with Crippen LogP contribution in [0.1, 0.15) is 6.92 Å². The van der Waals surface area contributed by atoms with E-state index < -0.39 is 16.7 Å². The second kappa shape index (κ2) is 6.73. The van der Waals surface area contributed by atoms with Crippen molar-refractivity contribution >= 4 is 28.6 Å². The molecular formula is C14H11F3N4O2S2. The molecule has 0 aliphatic heterocycles. The Morgan fingerprint density at radius 2 is 2.08 bits per heavy atom. The monoisotopic (exact) mass is 388 g/mol. The Kier molecular flexibility index (Phi) is 4.80. The number of imidazole rings is 1. The fourth-order valence-electron chi connectivity index (χ4n) is 2.12. The average molecular weight is 388 g/mol. The summed E-state index contributed by atoms with van der Waals surface area (Å²) in [4.78, 5) is 12.4. The molecule has 132 valence electrons. The van der Waals surface area contributed by atoms with Crippen molar-refractivity contribution in [3.05, 3.63) is 30.9 Å². The van der Waals surface area contributed by atoms with E-state index in [-0.39, 0.29) is 28.2 Å². The molecule has 0 saturated heterocycles. The summed E-state index contributed by atoms with van der Waals surface area (Å²) in [6.45, 7) is 1.72. The molecule has 3 heterocycles. The highest BCUT2D eigenvalue weighted by Crippen LogP contribution is 2.36. The van der Waals surface area contributed by atoms with Crippen molar-refractivity contribution in [2.75, 3.05) is 5.75 Å². The summed E-state index contributed by atoms with van der Waals surface area (Å²) >= 11 is -1.72. The van der Waals surface area contributed by atoms with E-state index in [1.807, 2.05) is 0 Å². The van der Waals surface area contributed by atoms with E-state index in [0.29, 0.717) is 22.0 Å². The Morgan fingerprint density at radius 1 is 1.32 bits per heavy atom. The third kappa shape index (κ3) is 3.99. The summed E-state index contributed by atoms with van der Waals surface area (Å²) in [7, 11) is 0. The Labute approximate surface area is 147 Å². The van der Waals surface area contributed by atoms with E-state index in [1.165, 1.54) is 35.3 Å². The molecule has 0 fully saturated rings. The van der Waals surface area contributed by atoms with E-state index in [1.54, 1.807) is 6.92 Å². The molecule has 0 aliphatic carbocycles.